The van der Waals surface area contributed by atoms with Crippen molar-refractivity contribution in [1.82, 2.24) is 4.98 Å². The van der Waals surface area contributed by atoms with Crippen LogP contribution >= 0.6 is 0 Å². The van der Waals surface area contributed by atoms with E-state index in [1.54, 1.807) is 0 Å². The molecule has 0 spiro atoms. The molecule has 1 aliphatic carbocycles. The van der Waals surface area contributed by atoms with Gasteiger partial charge >= 0.3 is 0 Å². The van der Waals surface area contributed by atoms with Gasteiger partial charge in [-0.25, -0.2) is 4.98 Å². The summed E-state index contributed by atoms with van der Waals surface area (Å²) >= 11 is 0. The van der Waals surface area contributed by atoms with Crippen LogP contribution in [0.1, 0.15) is 55.3 Å². The van der Waals surface area contributed by atoms with Gasteiger partial charge < -0.3 is 5.73 Å². The third-order valence-corrected chi connectivity index (χ3v) is 3.41. The Labute approximate surface area is 96.3 Å². The monoisotopic (exact) mass is 215 g/mol. The largest absolute Gasteiger partial charge is 0.383 e. The van der Waals surface area contributed by atoms with E-state index in [1.807, 2.05) is 6.07 Å². The summed E-state index contributed by atoms with van der Waals surface area (Å²) in [6.07, 6.45) is 5.93. The first-order valence-electron chi connectivity index (χ1n) is 5.95. The lowest BCUT2D eigenvalue weighted by Crippen LogP contribution is -2.06. The van der Waals surface area contributed by atoms with Crippen molar-refractivity contribution in [2.45, 2.75) is 44.9 Å². The standard InChI is InChI=1S/C13H17N3/c1-2-12-11(9-5-3-4-6-9)7-10(8-14)13(15)16-12/h7,9H,2-6H2,1H3,(H2,15,16). The Balaban J connectivity index is 2.45. The fraction of sp³-hybridized carbons (Fsp3) is 0.538. The van der Waals surface area contributed by atoms with Gasteiger partial charge in [0.25, 0.3) is 0 Å². The fourth-order valence-corrected chi connectivity index (χ4v) is 2.55. The molecule has 1 saturated carbocycles. The van der Waals surface area contributed by atoms with E-state index < -0.39 is 0 Å². The van der Waals surface area contributed by atoms with Crippen LogP contribution in [-0.2, 0) is 6.42 Å². The maximum atomic E-state index is 8.98. The third-order valence-electron chi connectivity index (χ3n) is 3.41. The Kier molecular flexibility index (Phi) is 3.09. The van der Waals surface area contributed by atoms with Crippen molar-refractivity contribution in [3.8, 4) is 6.07 Å². The lowest BCUT2D eigenvalue weighted by Gasteiger charge is -2.14. The predicted molar refractivity (Wildman–Crippen MR) is 64.0 cm³/mol. The van der Waals surface area contributed by atoms with Crippen LogP contribution in [0.25, 0.3) is 0 Å². The molecule has 0 atom stereocenters. The topological polar surface area (TPSA) is 62.7 Å². The molecule has 16 heavy (non-hydrogen) atoms. The Morgan fingerprint density at radius 1 is 1.50 bits per heavy atom. The summed E-state index contributed by atoms with van der Waals surface area (Å²) in [5.74, 6) is 0.969. The van der Waals surface area contributed by atoms with Crippen molar-refractivity contribution >= 4 is 5.82 Å². The van der Waals surface area contributed by atoms with Crippen molar-refractivity contribution in [3.05, 3.63) is 22.9 Å². The van der Waals surface area contributed by atoms with Crippen LogP contribution < -0.4 is 5.73 Å². The molecule has 1 heterocycles. The van der Waals surface area contributed by atoms with Gasteiger partial charge in [-0.05, 0) is 36.8 Å². The molecule has 0 aliphatic heterocycles. The highest BCUT2D eigenvalue weighted by Crippen LogP contribution is 2.36. The zero-order valence-electron chi connectivity index (χ0n) is 9.66. The number of hydrogen-bond donors (Lipinski definition) is 1. The molecule has 2 N–H and O–H groups in total. The van der Waals surface area contributed by atoms with E-state index in [4.69, 9.17) is 11.0 Å². The van der Waals surface area contributed by atoms with Gasteiger partial charge in [-0.2, -0.15) is 5.26 Å². The summed E-state index contributed by atoms with van der Waals surface area (Å²) < 4.78 is 0. The summed E-state index contributed by atoms with van der Waals surface area (Å²) in [6.45, 7) is 2.09. The van der Waals surface area contributed by atoms with Crippen molar-refractivity contribution in [2.75, 3.05) is 5.73 Å². The third kappa shape index (κ3) is 1.88. The Morgan fingerprint density at radius 3 is 2.75 bits per heavy atom. The number of pyridine rings is 1. The maximum absolute atomic E-state index is 8.98. The number of rotatable bonds is 2. The molecule has 84 valence electrons. The molecule has 0 bridgehead atoms. The minimum Gasteiger partial charge on any atom is -0.383 e. The molecular weight excluding hydrogens is 198 g/mol. The van der Waals surface area contributed by atoms with Crippen molar-refractivity contribution in [3.63, 3.8) is 0 Å². The summed E-state index contributed by atoms with van der Waals surface area (Å²) in [5.41, 5.74) is 8.60. The van der Waals surface area contributed by atoms with E-state index >= 15 is 0 Å². The van der Waals surface area contributed by atoms with Crippen LogP contribution in [0.3, 0.4) is 0 Å². The normalized spacial score (nSPS) is 16.2. The molecule has 0 saturated heterocycles. The van der Waals surface area contributed by atoms with Gasteiger partial charge in [0.2, 0.25) is 0 Å². The molecule has 1 aromatic heterocycles. The highest BCUT2D eigenvalue weighted by Gasteiger charge is 2.21. The lowest BCUT2D eigenvalue weighted by molar-refractivity contribution is 0.705. The number of anilines is 1. The zero-order chi connectivity index (χ0) is 11.5. The second-order valence-corrected chi connectivity index (χ2v) is 4.40. The van der Waals surface area contributed by atoms with Gasteiger partial charge in [0.1, 0.15) is 11.9 Å². The summed E-state index contributed by atoms with van der Waals surface area (Å²) in [6, 6.07) is 4.08. The van der Waals surface area contributed by atoms with Crippen molar-refractivity contribution in [2.24, 2.45) is 0 Å². The number of nitrogen functional groups attached to an aromatic ring is 1. The summed E-state index contributed by atoms with van der Waals surface area (Å²) in [4.78, 5) is 4.36. The molecule has 1 fully saturated rings. The first-order valence-corrected chi connectivity index (χ1v) is 5.95. The van der Waals surface area contributed by atoms with Gasteiger partial charge in [0.15, 0.2) is 0 Å². The van der Waals surface area contributed by atoms with Gasteiger partial charge in [-0.3, -0.25) is 0 Å². The second-order valence-electron chi connectivity index (χ2n) is 4.40. The van der Waals surface area contributed by atoms with Gasteiger partial charge in [-0.15, -0.1) is 0 Å². The molecule has 3 heteroatoms. The van der Waals surface area contributed by atoms with Crippen LogP contribution in [0.15, 0.2) is 6.07 Å². The molecule has 1 aromatic rings. The van der Waals surface area contributed by atoms with Gasteiger partial charge in [0, 0.05) is 5.69 Å². The minimum atomic E-state index is 0.376. The average Bonchev–Trinajstić information content (AvgIpc) is 2.82. The molecule has 3 nitrogen and oxygen atoms in total. The molecular formula is C13H17N3. The quantitative estimate of drug-likeness (QED) is 0.825. The second kappa shape index (κ2) is 4.52. The molecule has 0 amide bonds. The van der Waals surface area contributed by atoms with Crippen LogP contribution in [0.2, 0.25) is 0 Å². The van der Waals surface area contributed by atoms with Gasteiger partial charge in [-0.1, -0.05) is 19.8 Å². The van der Waals surface area contributed by atoms with Crippen LogP contribution in [-0.4, -0.2) is 4.98 Å². The van der Waals surface area contributed by atoms with Gasteiger partial charge in [0.05, 0.1) is 5.56 Å². The maximum Gasteiger partial charge on any atom is 0.141 e. The Morgan fingerprint density at radius 2 is 2.19 bits per heavy atom. The smallest absolute Gasteiger partial charge is 0.141 e. The molecule has 0 unspecified atom stereocenters. The summed E-state index contributed by atoms with van der Waals surface area (Å²) in [7, 11) is 0. The number of aryl methyl sites for hydroxylation is 1. The molecule has 1 aliphatic rings. The number of nitrogens with two attached hydrogens (primary N) is 1. The van der Waals surface area contributed by atoms with Crippen LogP contribution in [0.4, 0.5) is 5.82 Å². The first kappa shape index (κ1) is 10.9. The van der Waals surface area contributed by atoms with Crippen molar-refractivity contribution < 1.29 is 0 Å². The Bertz CT molecular complexity index is 426. The van der Waals surface area contributed by atoms with E-state index in [9.17, 15) is 0 Å². The fourth-order valence-electron chi connectivity index (χ4n) is 2.55. The average molecular weight is 215 g/mol. The molecule has 0 aromatic carbocycles. The molecule has 2 rings (SSSR count). The van der Waals surface area contributed by atoms with Crippen LogP contribution in [0, 0.1) is 11.3 Å². The van der Waals surface area contributed by atoms with Crippen LogP contribution in [0.5, 0.6) is 0 Å². The summed E-state index contributed by atoms with van der Waals surface area (Å²) in [5, 5.41) is 8.98. The number of nitriles is 1. The number of hydrogen-bond acceptors (Lipinski definition) is 3. The first-order chi connectivity index (χ1) is 7.76. The zero-order valence-corrected chi connectivity index (χ0v) is 9.66. The van der Waals surface area contributed by atoms with E-state index in [-0.39, 0.29) is 0 Å². The minimum absolute atomic E-state index is 0.376. The van der Waals surface area contributed by atoms with E-state index in [1.165, 1.54) is 31.2 Å². The highest BCUT2D eigenvalue weighted by molar-refractivity contribution is 5.51. The number of nitrogens with zero attached hydrogens (tertiary/aromatic N) is 2. The van der Waals surface area contributed by atoms with E-state index in [0.29, 0.717) is 17.3 Å². The van der Waals surface area contributed by atoms with E-state index in [2.05, 4.69) is 18.0 Å². The predicted octanol–water partition coefficient (Wildman–Crippen LogP) is 2.76. The van der Waals surface area contributed by atoms with Crippen molar-refractivity contribution in [1.29, 1.82) is 5.26 Å². The highest BCUT2D eigenvalue weighted by atomic mass is 14.8. The number of aromatic nitrogens is 1. The SMILES string of the molecule is CCc1nc(N)c(C#N)cc1C1CCCC1. The lowest BCUT2D eigenvalue weighted by atomic mass is 9.94. The molecule has 0 radical (unpaired) electrons. The van der Waals surface area contributed by atoms with E-state index in [0.717, 1.165) is 12.1 Å². The Hall–Kier alpha value is -1.56.